The molecule has 2 aliphatic heterocycles. The van der Waals surface area contributed by atoms with Crippen LogP contribution >= 0.6 is 0 Å². The molecule has 2 saturated heterocycles. The predicted octanol–water partition coefficient (Wildman–Crippen LogP) is 1.34. The number of nitrogens with zero attached hydrogens (tertiary/aromatic N) is 1. The molecular formula is C13H26N2O. The number of rotatable bonds is 5. The lowest BCUT2D eigenvalue weighted by Gasteiger charge is -2.22. The molecule has 2 unspecified atom stereocenters. The van der Waals surface area contributed by atoms with Gasteiger partial charge in [-0.05, 0) is 44.3 Å². The Morgan fingerprint density at radius 2 is 2.25 bits per heavy atom. The molecule has 0 aromatic rings. The van der Waals surface area contributed by atoms with E-state index in [9.17, 15) is 0 Å². The van der Waals surface area contributed by atoms with Crippen molar-refractivity contribution in [3.8, 4) is 0 Å². The van der Waals surface area contributed by atoms with E-state index in [2.05, 4.69) is 24.1 Å². The first-order valence-corrected chi connectivity index (χ1v) is 6.78. The topological polar surface area (TPSA) is 24.5 Å². The molecule has 1 N–H and O–H groups in total. The monoisotopic (exact) mass is 226 g/mol. The highest BCUT2D eigenvalue weighted by atomic mass is 16.5. The van der Waals surface area contributed by atoms with Crippen LogP contribution in [0.15, 0.2) is 0 Å². The summed E-state index contributed by atoms with van der Waals surface area (Å²) in [6.45, 7) is 11.4. The van der Waals surface area contributed by atoms with Crippen molar-refractivity contribution < 1.29 is 4.74 Å². The largest absolute Gasteiger partial charge is 0.380 e. The van der Waals surface area contributed by atoms with Gasteiger partial charge in [0.2, 0.25) is 0 Å². The van der Waals surface area contributed by atoms with Gasteiger partial charge in [0.25, 0.3) is 0 Å². The first-order valence-electron chi connectivity index (χ1n) is 6.78. The summed E-state index contributed by atoms with van der Waals surface area (Å²) in [6, 6.07) is 0.718. The van der Waals surface area contributed by atoms with E-state index >= 15 is 0 Å². The standard InChI is InChI=1S/C13H26N2O/c1-11(2)7-14-8-12-3-5-15(9-12)13-4-6-16-10-13/h11-14H,3-10H2,1-2H3. The second kappa shape index (κ2) is 5.99. The van der Waals surface area contributed by atoms with Crippen molar-refractivity contribution in [1.29, 1.82) is 0 Å². The molecule has 3 nitrogen and oxygen atoms in total. The van der Waals surface area contributed by atoms with Crippen LogP contribution in [0.4, 0.5) is 0 Å². The van der Waals surface area contributed by atoms with Crippen LogP contribution in [0.2, 0.25) is 0 Å². The molecule has 0 spiro atoms. The highest BCUT2D eigenvalue weighted by Crippen LogP contribution is 2.22. The Balaban J connectivity index is 1.63. The van der Waals surface area contributed by atoms with Gasteiger partial charge in [-0.25, -0.2) is 0 Å². The zero-order chi connectivity index (χ0) is 11.4. The molecular weight excluding hydrogens is 200 g/mol. The normalized spacial score (nSPS) is 31.7. The van der Waals surface area contributed by atoms with Crippen LogP contribution in [0.25, 0.3) is 0 Å². The van der Waals surface area contributed by atoms with Gasteiger partial charge in [-0.2, -0.15) is 0 Å². The number of likely N-dealkylation sites (tertiary alicyclic amines) is 1. The lowest BCUT2D eigenvalue weighted by atomic mass is 10.1. The Kier molecular flexibility index (Phi) is 4.62. The molecule has 2 rings (SSSR count). The molecule has 16 heavy (non-hydrogen) atoms. The fourth-order valence-corrected chi connectivity index (χ4v) is 2.75. The minimum absolute atomic E-state index is 0.718. The van der Waals surface area contributed by atoms with Gasteiger partial charge in [0.1, 0.15) is 0 Å². The Morgan fingerprint density at radius 1 is 1.38 bits per heavy atom. The molecule has 0 aromatic carbocycles. The summed E-state index contributed by atoms with van der Waals surface area (Å²) >= 11 is 0. The summed E-state index contributed by atoms with van der Waals surface area (Å²) < 4.78 is 5.46. The van der Waals surface area contributed by atoms with Crippen LogP contribution in [0.1, 0.15) is 26.7 Å². The van der Waals surface area contributed by atoms with Gasteiger partial charge < -0.3 is 10.1 Å². The molecule has 0 amide bonds. The third kappa shape index (κ3) is 3.44. The minimum Gasteiger partial charge on any atom is -0.380 e. The van der Waals surface area contributed by atoms with Gasteiger partial charge in [-0.3, -0.25) is 4.90 Å². The molecule has 94 valence electrons. The van der Waals surface area contributed by atoms with Gasteiger partial charge in [0.05, 0.1) is 6.61 Å². The number of ether oxygens (including phenoxy) is 1. The van der Waals surface area contributed by atoms with Crippen molar-refractivity contribution in [3.63, 3.8) is 0 Å². The van der Waals surface area contributed by atoms with E-state index in [1.807, 2.05) is 0 Å². The molecule has 2 fully saturated rings. The second-order valence-electron chi connectivity index (χ2n) is 5.72. The van der Waals surface area contributed by atoms with E-state index < -0.39 is 0 Å². The Hall–Kier alpha value is -0.120. The summed E-state index contributed by atoms with van der Waals surface area (Å²) in [7, 11) is 0. The third-order valence-electron chi connectivity index (χ3n) is 3.72. The van der Waals surface area contributed by atoms with E-state index in [1.54, 1.807) is 0 Å². The summed E-state index contributed by atoms with van der Waals surface area (Å²) in [5.41, 5.74) is 0. The van der Waals surface area contributed by atoms with Gasteiger partial charge in [0, 0.05) is 19.2 Å². The van der Waals surface area contributed by atoms with E-state index in [0.717, 1.165) is 37.6 Å². The van der Waals surface area contributed by atoms with Crippen LogP contribution in [0.3, 0.4) is 0 Å². The summed E-state index contributed by atoms with van der Waals surface area (Å²) in [4.78, 5) is 2.63. The van der Waals surface area contributed by atoms with Gasteiger partial charge in [0.15, 0.2) is 0 Å². The van der Waals surface area contributed by atoms with E-state index in [1.165, 1.54) is 32.5 Å². The molecule has 0 saturated carbocycles. The molecule has 0 aromatic heterocycles. The molecule has 2 heterocycles. The zero-order valence-electron chi connectivity index (χ0n) is 10.7. The average molecular weight is 226 g/mol. The van der Waals surface area contributed by atoms with Crippen LogP contribution in [-0.4, -0.2) is 50.3 Å². The van der Waals surface area contributed by atoms with Crippen molar-refractivity contribution in [2.24, 2.45) is 11.8 Å². The summed E-state index contributed by atoms with van der Waals surface area (Å²) in [5.74, 6) is 1.63. The Bertz CT molecular complexity index is 202. The van der Waals surface area contributed by atoms with E-state index in [0.29, 0.717) is 0 Å². The van der Waals surface area contributed by atoms with Gasteiger partial charge in [-0.1, -0.05) is 13.8 Å². The predicted molar refractivity (Wildman–Crippen MR) is 66.6 cm³/mol. The molecule has 0 aliphatic carbocycles. The van der Waals surface area contributed by atoms with Crippen molar-refractivity contribution in [1.82, 2.24) is 10.2 Å². The van der Waals surface area contributed by atoms with Gasteiger partial charge in [-0.15, -0.1) is 0 Å². The number of hydrogen-bond donors (Lipinski definition) is 1. The molecule has 0 radical (unpaired) electrons. The SMILES string of the molecule is CC(C)CNCC1CCN(C2CCOC2)C1. The van der Waals surface area contributed by atoms with Crippen molar-refractivity contribution >= 4 is 0 Å². The fourth-order valence-electron chi connectivity index (χ4n) is 2.75. The van der Waals surface area contributed by atoms with Gasteiger partial charge >= 0.3 is 0 Å². The van der Waals surface area contributed by atoms with Crippen LogP contribution in [0, 0.1) is 11.8 Å². The molecule has 2 atom stereocenters. The summed E-state index contributed by atoms with van der Waals surface area (Å²) in [6.07, 6.45) is 2.60. The zero-order valence-corrected chi connectivity index (χ0v) is 10.7. The van der Waals surface area contributed by atoms with Crippen LogP contribution in [-0.2, 0) is 4.74 Å². The maximum absolute atomic E-state index is 5.46. The van der Waals surface area contributed by atoms with Crippen molar-refractivity contribution in [2.75, 3.05) is 39.4 Å². The lowest BCUT2D eigenvalue weighted by Crippen LogP contribution is -2.35. The second-order valence-corrected chi connectivity index (χ2v) is 5.72. The maximum atomic E-state index is 5.46. The van der Waals surface area contributed by atoms with E-state index in [-0.39, 0.29) is 0 Å². The average Bonchev–Trinajstić information content (AvgIpc) is 2.85. The first kappa shape index (κ1) is 12.3. The molecule has 3 heteroatoms. The number of nitrogens with one attached hydrogen (secondary N) is 1. The Morgan fingerprint density at radius 3 is 2.94 bits per heavy atom. The smallest absolute Gasteiger partial charge is 0.0622 e. The maximum Gasteiger partial charge on any atom is 0.0622 e. The lowest BCUT2D eigenvalue weighted by molar-refractivity contribution is 0.156. The summed E-state index contributed by atoms with van der Waals surface area (Å²) in [5, 5.41) is 3.58. The first-order chi connectivity index (χ1) is 7.75. The van der Waals surface area contributed by atoms with Crippen molar-refractivity contribution in [2.45, 2.75) is 32.7 Å². The fraction of sp³-hybridized carbons (Fsp3) is 1.00. The van der Waals surface area contributed by atoms with Crippen LogP contribution in [0.5, 0.6) is 0 Å². The highest BCUT2D eigenvalue weighted by molar-refractivity contribution is 4.84. The minimum atomic E-state index is 0.718. The third-order valence-corrected chi connectivity index (χ3v) is 3.72. The Labute approximate surface area is 99.5 Å². The quantitative estimate of drug-likeness (QED) is 0.766. The molecule has 0 bridgehead atoms. The highest BCUT2D eigenvalue weighted by Gasteiger charge is 2.29. The van der Waals surface area contributed by atoms with Crippen molar-refractivity contribution in [3.05, 3.63) is 0 Å². The molecule has 2 aliphatic rings. The van der Waals surface area contributed by atoms with Crippen LogP contribution < -0.4 is 5.32 Å². The number of hydrogen-bond acceptors (Lipinski definition) is 3. The van der Waals surface area contributed by atoms with E-state index in [4.69, 9.17) is 4.74 Å².